The second-order valence-electron chi connectivity index (χ2n) is 6.00. The van der Waals surface area contributed by atoms with E-state index in [1.165, 1.54) is 23.3 Å². The van der Waals surface area contributed by atoms with Crippen molar-refractivity contribution in [1.82, 2.24) is 19.2 Å². The molecule has 4 aromatic rings. The van der Waals surface area contributed by atoms with Gasteiger partial charge < -0.3 is 0 Å². The van der Waals surface area contributed by atoms with E-state index in [1.54, 1.807) is 22.2 Å². The number of nitrogens with zero attached hydrogens (tertiary/aromatic N) is 4. The molecule has 0 bridgehead atoms. The Morgan fingerprint density at radius 2 is 1.92 bits per heavy atom. The highest BCUT2D eigenvalue weighted by Gasteiger charge is 2.20. The summed E-state index contributed by atoms with van der Waals surface area (Å²) in [6, 6.07) is 7.64. The number of rotatable bonds is 1. The second kappa shape index (κ2) is 5.37. The first-order chi connectivity index (χ1) is 11.7. The molecule has 7 heteroatoms. The Bertz CT molecular complexity index is 1140. The lowest BCUT2D eigenvalue weighted by Gasteiger charge is -2.10. The van der Waals surface area contributed by atoms with Crippen molar-refractivity contribution in [2.24, 2.45) is 0 Å². The van der Waals surface area contributed by atoms with Gasteiger partial charge in [-0.2, -0.15) is 9.61 Å². The molecule has 0 amide bonds. The van der Waals surface area contributed by atoms with Gasteiger partial charge in [0.2, 0.25) is 5.78 Å². The molecule has 1 aliphatic rings. The minimum Gasteiger partial charge on any atom is -0.267 e. The van der Waals surface area contributed by atoms with Crippen molar-refractivity contribution < 1.29 is 0 Å². The molecule has 0 fully saturated rings. The summed E-state index contributed by atoms with van der Waals surface area (Å²) in [7, 11) is 0. The first-order valence-corrected chi connectivity index (χ1v) is 9.49. The molecule has 1 aromatic carbocycles. The number of aryl methyl sites for hydroxylation is 2. The maximum atomic E-state index is 5.99. The summed E-state index contributed by atoms with van der Waals surface area (Å²) >= 11 is 13.5. The molecule has 1 aliphatic carbocycles. The molecule has 0 spiro atoms. The Kier molecular flexibility index (Phi) is 3.26. The van der Waals surface area contributed by atoms with Crippen LogP contribution in [0.5, 0.6) is 0 Å². The summed E-state index contributed by atoms with van der Waals surface area (Å²) in [6.45, 7) is 0. The second-order valence-corrected chi connectivity index (χ2v) is 7.90. The van der Waals surface area contributed by atoms with Gasteiger partial charge in [-0.25, -0.2) is 4.98 Å². The fourth-order valence-corrected chi connectivity index (χ4v) is 5.18. The molecule has 0 saturated carbocycles. The monoisotopic (exact) mass is 372 g/mol. The average Bonchev–Trinajstić information content (AvgIpc) is 3.17. The topological polar surface area (TPSA) is 35.1 Å². The van der Waals surface area contributed by atoms with Crippen molar-refractivity contribution in [1.29, 1.82) is 0 Å². The predicted molar refractivity (Wildman–Crippen MR) is 100 cm³/mol. The molecule has 3 heterocycles. The molecule has 0 saturated heterocycles. The van der Waals surface area contributed by atoms with Crippen LogP contribution in [0.15, 0.2) is 30.6 Å². The van der Waals surface area contributed by atoms with Gasteiger partial charge in [0.25, 0.3) is 0 Å². The van der Waals surface area contributed by atoms with Gasteiger partial charge in [0.1, 0.15) is 15.8 Å². The van der Waals surface area contributed by atoms with E-state index in [1.807, 2.05) is 28.8 Å². The summed E-state index contributed by atoms with van der Waals surface area (Å²) in [4.78, 5) is 7.36. The summed E-state index contributed by atoms with van der Waals surface area (Å²) < 4.78 is 4.49. The molecular formula is C17H13ClN4S2. The van der Waals surface area contributed by atoms with Crippen LogP contribution in [0, 0.1) is 4.64 Å². The van der Waals surface area contributed by atoms with Gasteiger partial charge in [-0.15, -0.1) is 11.3 Å². The van der Waals surface area contributed by atoms with Crippen LogP contribution in [0.25, 0.3) is 21.7 Å². The SMILES string of the molecule is S=c1c2c3c(sc2nc2n(-c4ccc(Cl)cc4)cnn12)CCCC3. The molecule has 0 radical (unpaired) electrons. The first kappa shape index (κ1) is 14.6. The van der Waals surface area contributed by atoms with Gasteiger partial charge in [0.05, 0.1) is 11.1 Å². The van der Waals surface area contributed by atoms with E-state index in [2.05, 4.69) is 5.10 Å². The van der Waals surface area contributed by atoms with Gasteiger partial charge in [0, 0.05) is 9.90 Å². The number of benzene rings is 1. The Hall–Kier alpha value is -1.76. The minimum atomic E-state index is 0.709. The Balaban J connectivity index is 1.82. The van der Waals surface area contributed by atoms with E-state index < -0.39 is 0 Å². The van der Waals surface area contributed by atoms with E-state index in [4.69, 9.17) is 28.8 Å². The molecular weight excluding hydrogens is 360 g/mol. The van der Waals surface area contributed by atoms with E-state index >= 15 is 0 Å². The molecule has 0 atom stereocenters. The van der Waals surface area contributed by atoms with E-state index in [0.717, 1.165) is 39.2 Å². The van der Waals surface area contributed by atoms with Gasteiger partial charge in [0.15, 0.2) is 0 Å². The molecule has 24 heavy (non-hydrogen) atoms. The van der Waals surface area contributed by atoms with E-state index in [-0.39, 0.29) is 0 Å². The highest BCUT2D eigenvalue weighted by molar-refractivity contribution is 7.71. The summed E-state index contributed by atoms with van der Waals surface area (Å²) in [5.74, 6) is 0.744. The zero-order valence-corrected chi connectivity index (χ0v) is 15.1. The maximum Gasteiger partial charge on any atom is 0.239 e. The zero-order valence-electron chi connectivity index (χ0n) is 12.7. The fourth-order valence-electron chi connectivity index (χ4n) is 3.38. The Morgan fingerprint density at radius 1 is 1.12 bits per heavy atom. The maximum absolute atomic E-state index is 5.99. The first-order valence-electron chi connectivity index (χ1n) is 7.89. The quantitative estimate of drug-likeness (QED) is 0.441. The largest absolute Gasteiger partial charge is 0.267 e. The van der Waals surface area contributed by atoms with E-state index in [0.29, 0.717) is 5.02 Å². The summed E-state index contributed by atoms with van der Waals surface area (Å²) in [5, 5.41) is 6.32. The lowest BCUT2D eigenvalue weighted by molar-refractivity contribution is 0.700. The summed E-state index contributed by atoms with van der Waals surface area (Å²) in [5.41, 5.74) is 2.37. The Labute approximate surface area is 152 Å². The predicted octanol–water partition coefficient (Wildman–Crippen LogP) is 5.00. The van der Waals surface area contributed by atoms with Crippen molar-refractivity contribution in [2.45, 2.75) is 25.7 Å². The van der Waals surface area contributed by atoms with Crippen LogP contribution in [0.1, 0.15) is 23.3 Å². The lowest BCUT2D eigenvalue weighted by atomic mass is 9.97. The normalized spacial score (nSPS) is 14.4. The number of aromatic nitrogens is 4. The van der Waals surface area contributed by atoms with Crippen molar-refractivity contribution in [3.63, 3.8) is 0 Å². The molecule has 120 valence electrons. The summed E-state index contributed by atoms with van der Waals surface area (Å²) in [6.07, 6.45) is 6.50. The van der Waals surface area contributed by atoms with Crippen LogP contribution < -0.4 is 0 Å². The van der Waals surface area contributed by atoms with Crippen LogP contribution >= 0.6 is 35.2 Å². The minimum absolute atomic E-state index is 0.709. The number of hydrogen-bond acceptors (Lipinski definition) is 4. The Morgan fingerprint density at radius 3 is 2.75 bits per heavy atom. The van der Waals surface area contributed by atoms with Crippen LogP contribution in [0.2, 0.25) is 5.02 Å². The van der Waals surface area contributed by atoms with Crippen LogP contribution in [0.4, 0.5) is 0 Å². The number of fused-ring (bicyclic) bond motifs is 4. The number of halogens is 1. The van der Waals surface area contributed by atoms with Crippen molar-refractivity contribution in [3.05, 3.63) is 50.7 Å². The number of hydrogen-bond donors (Lipinski definition) is 0. The fraction of sp³-hybridized carbons (Fsp3) is 0.235. The van der Waals surface area contributed by atoms with Crippen molar-refractivity contribution in [3.8, 4) is 5.69 Å². The zero-order chi connectivity index (χ0) is 16.3. The van der Waals surface area contributed by atoms with Crippen LogP contribution in [-0.2, 0) is 12.8 Å². The average molecular weight is 373 g/mol. The van der Waals surface area contributed by atoms with E-state index in [9.17, 15) is 0 Å². The highest BCUT2D eigenvalue weighted by Crippen LogP contribution is 2.36. The van der Waals surface area contributed by atoms with Gasteiger partial charge in [-0.3, -0.25) is 4.57 Å². The van der Waals surface area contributed by atoms with Gasteiger partial charge >= 0.3 is 0 Å². The van der Waals surface area contributed by atoms with Crippen LogP contribution in [0.3, 0.4) is 0 Å². The molecule has 0 aliphatic heterocycles. The molecule has 0 unspecified atom stereocenters. The van der Waals surface area contributed by atoms with Crippen LogP contribution in [-0.4, -0.2) is 19.2 Å². The van der Waals surface area contributed by atoms with Gasteiger partial charge in [-0.05, 0) is 55.5 Å². The standard InChI is InChI=1S/C17H13ClN4S2/c18-10-5-7-11(8-6-10)21-9-19-22-16(23)14-12-3-1-2-4-13(12)24-15(14)20-17(21)22/h5-9H,1-4H2. The molecule has 5 rings (SSSR count). The van der Waals surface area contributed by atoms with Crippen molar-refractivity contribution >= 4 is 51.1 Å². The molecule has 4 nitrogen and oxygen atoms in total. The van der Waals surface area contributed by atoms with Gasteiger partial charge in [-0.1, -0.05) is 23.8 Å². The van der Waals surface area contributed by atoms with Crippen molar-refractivity contribution in [2.75, 3.05) is 0 Å². The molecule has 3 aromatic heterocycles. The molecule has 0 N–H and O–H groups in total. The number of thiophene rings is 1. The smallest absolute Gasteiger partial charge is 0.239 e. The third-order valence-corrected chi connectivity index (χ3v) is 6.37. The highest BCUT2D eigenvalue weighted by atomic mass is 35.5. The third-order valence-electron chi connectivity index (χ3n) is 4.55. The lowest BCUT2D eigenvalue weighted by Crippen LogP contribution is -2.01. The third kappa shape index (κ3) is 2.06.